The molecule has 0 aliphatic carbocycles. The van der Waals surface area contributed by atoms with E-state index in [9.17, 15) is 13.2 Å². The molecule has 0 atom stereocenters. The van der Waals surface area contributed by atoms with Gasteiger partial charge in [-0.25, -0.2) is 8.42 Å². The van der Waals surface area contributed by atoms with Crippen LogP contribution in [0.3, 0.4) is 0 Å². The van der Waals surface area contributed by atoms with Crippen LogP contribution in [0.25, 0.3) is 0 Å². The number of nitrogens with zero attached hydrogens (tertiary/aromatic N) is 1. The molecule has 5 nitrogen and oxygen atoms in total. The van der Waals surface area contributed by atoms with Crippen LogP contribution in [-0.2, 0) is 14.8 Å². The number of anilines is 1. The number of aryl methyl sites for hydroxylation is 3. The Morgan fingerprint density at radius 2 is 1.59 bits per heavy atom. The standard InChI is InChI=1S/C26H29ClN2O3S2/c1-19-5-12-24(13-6-19)34(31,32)29(25-14-7-20(2)17-21(25)3)18-26(30)28-15-4-16-33-23-10-8-22(27)9-11-23/h5-14,17H,4,15-16,18H2,1-3H3,(H,28,30). The maximum absolute atomic E-state index is 13.5. The minimum Gasteiger partial charge on any atom is -0.354 e. The Labute approximate surface area is 211 Å². The summed E-state index contributed by atoms with van der Waals surface area (Å²) >= 11 is 7.59. The average Bonchev–Trinajstić information content (AvgIpc) is 2.79. The second-order valence-electron chi connectivity index (χ2n) is 8.12. The average molecular weight is 517 g/mol. The number of amides is 1. The van der Waals surface area contributed by atoms with Crippen LogP contribution in [0.15, 0.2) is 76.5 Å². The molecule has 0 bridgehead atoms. The summed E-state index contributed by atoms with van der Waals surface area (Å²) in [7, 11) is -3.92. The van der Waals surface area contributed by atoms with Crippen molar-refractivity contribution in [1.82, 2.24) is 5.32 Å². The lowest BCUT2D eigenvalue weighted by molar-refractivity contribution is -0.119. The highest BCUT2D eigenvalue weighted by atomic mass is 35.5. The van der Waals surface area contributed by atoms with E-state index in [0.29, 0.717) is 17.3 Å². The molecule has 0 radical (unpaired) electrons. The van der Waals surface area contributed by atoms with Gasteiger partial charge in [0.05, 0.1) is 10.6 Å². The van der Waals surface area contributed by atoms with Crippen LogP contribution in [0.5, 0.6) is 0 Å². The molecule has 3 aromatic carbocycles. The zero-order valence-electron chi connectivity index (χ0n) is 19.5. The number of benzene rings is 3. The second-order valence-corrected chi connectivity index (χ2v) is 11.6. The van der Waals surface area contributed by atoms with Gasteiger partial charge in [-0.2, -0.15) is 0 Å². The highest BCUT2D eigenvalue weighted by Crippen LogP contribution is 2.28. The number of rotatable bonds is 10. The molecular weight excluding hydrogens is 488 g/mol. The van der Waals surface area contributed by atoms with Crippen molar-refractivity contribution >= 4 is 45.0 Å². The molecule has 0 saturated heterocycles. The molecule has 0 heterocycles. The SMILES string of the molecule is Cc1ccc(S(=O)(=O)N(CC(=O)NCCCSc2ccc(Cl)cc2)c2ccc(C)cc2C)cc1. The molecule has 8 heteroatoms. The lowest BCUT2D eigenvalue weighted by Gasteiger charge is -2.26. The van der Waals surface area contributed by atoms with Crippen molar-refractivity contribution in [3.05, 3.63) is 88.4 Å². The van der Waals surface area contributed by atoms with E-state index >= 15 is 0 Å². The van der Waals surface area contributed by atoms with Gasteiger partial charge < -0.3 is 5.32 Å². The van der Waals surface area contributed by atoms with Gasteiger partial charge in [-0.3, -0.25) is 9.10 Å². The van der Waals surface area contributed by atoms with E-state index in [0.717, 1.165) is 33.8 Å². The van der Waals surface area contributed by atoms with Crippen LogP contribution < -0.4 is 9.62 Å². The number of thioether (sulfide) groups is 1. The Hall–Kier alpha value is -2.48. The van der Waals surface area contributed by atoms with Gasteiger partial charge in [0, 0.05) is 16.5 Å². The molecule has 0 aliphatic rings. The van der Waals surface area contributed by atoms with Gasteiger partial charge in [-0.1, -0.05) is 47.0 Å². The monoisotopic (exact) mass is 516 g/mol. The van der Waals surface area contributed by atoms with Gasteiger partial charge >= 0.3 is 0 Å². The highest BCUT2D eigenvalue weighted by Gasteiger charge is 2.28. The van der Waals surface area contributed by atoms with Crippen LogP contribution in [0, 0.1) is 20.8 Å². The summed E-state index contributed by atoms with van der Waals surface area (Å²) in [5, 5.41) is 3.56. The first kappa shape index (κ1) is 26.1. The third-order valence-corrected chi connectivity index (χ3v) is 8.37. The number of nitrogens with one attached hydrogen (secondary N) is 1. The Balaban J connectivity index is 1.68. The van der Waals surface area contributed by atoms with Crippen molar-refractivity contribution in [3.8, 4) is 0 Å². The predicted molar refractivity (Wildman–Crippen MR) is 141 cm³/mol. The minimum atomic E-state index is -3.92. The third kappa shape index (κ3) is 7.01. The zero-order valence-corrected chi connectivity index (χ0v) is 21.9. The quantitative estimate of drug-likeness (QED) is 0.275. The van der Waals surface area contributed by atoms with Gasteiger partial charge in [0.1, 0.15) is 6.54 Å². The summed E-state index contributed by atoms with van der Waals surface area (Å²) in [6, 6.07) is 19.8. The first-order valence-corrected chi connectivity index (χ1v) is 13.8. The van der Waals surface area contributed by atoms with E-state index < -0.39 is 10.0 Å². The molecule has 3 rings (SSSR count). The Kier molecular flexibility index (Phi) is 9.05. The third-order valence-electron chi connectivity index (χ3n) is 5.24. The number of carbonyl (C=O) groups is 1. The molecule has 3 aromatic rings. The summed E-state index contributed by atoms with van der Waals surface area (Å²) in [6.07, 6.45) is 0.757. The van der Waals surface area contributed by atoms with E-state index in [2.05, 4.69) is 5.32 Å². The molecular formula is C26H29ClN2O3S2. The Bertz CT molecular complexity index is 1230. The summed E-state index contributed by atoms with van der Waals surface area (Å²) in [5.41, 5.74) is 3.28. The van der Waals surface area contributed by atoms with Crippen LogP contribution >= 0.6 is 23.4 Å². The zero-order chi connectivity index (χ0) is 24.7. The van der Waals surface area contributed by atoms with Crippen molar-refractivity contribution in [3.63, 3.8) is 0 Å². The summed E-state index contributed by atoms with van der Waals surface area (Å²) in [6.45, 7) is 5.88. The molecule has 1 amide bonds. The molecule has 0 spiro atoms. The number of hydrogen-bond donors (Lipinski definition) is 1. The van der Waals surface area contributed by atoms with Crippen LogP contribution in [0.1, 0.15) is 23.1 Å². The largest absolute Gasteiger partial charge is 0.354 e. The molecule has 0 saturated carbocycles. The van der Waals surface area contributed by atoms with Gasteiger partial charge in [0.15, 0.2) is 0 Å². The number of halogens is 1. The first-order valence-electron chi connectivity index (χ1n) is 11.0. The summed E-state index contributed by atoms with van der Waals surface area (Å²) in [4.78, 5) is 14.0. The van der Waals surface area contributed by atoms with Crippen molar-refractivity contribution in [2.24, 2.45) is 0 Å². The maximum atomic E-state index is 13.5. The first-order chi connectivity index (χ1) is 16.2. The molecule has 1 N–H and O–H groups in total. The molecule has 0 aromatic heterocycles. The highest BCUT2D eigenvalue weighted by molar-refractivity contribution is 7.99. The molecule has 34 heavy (non-hydrogen) atoms. The van der Waals surface area contributed by atoms with E-state index in [1.165, 1.54) is 4.31 Å². The van der Waals surface area contributed by atoms with E-state index in [1.54, 1.807) is 42.1 Å². The van der Waals surface area contributed by atoms with Crippen molar-refractivity contribution in [2.45, 2.75) is 37.0 Å². The number of hydrogen-bond acceptors (Lipinski definition) is 4. The molecule has 0 unspecified atom stereocenters. The fourth-order valence-electron chi connectivity index (χ4n) is 3.43. The summed E-state index contributed by atoms with van der Waals surface area (Å²) < 4.78 is 28.2. The van der Waals surface area contributed by atoms with E-state index in [4.69, 9.17) is 11.6 Å². The lowest BCUT2D eigenvalue weighted by atomic mass is 10.1. The fourth-order valence-corrected chi connectivity index (χ4v) is 5.89. The van der Waals surface area contributed by atoms with E-state index in [-0.39, 0.29) is 17.3 Å². The van der Waals surface area contributed by atoms with Crippen molar-refractivity contribution in [2.75, 3.05) is 23.1 Å². The van der Waals surface area contributed by atoms with Crippen LogP contribution in [-0.4, -0.2) is 33.2 Å². The van der Waals surface area contributed by atoms with Crippen molar-refractivity contribution < 1.29 is 13.2 Å². The number of carbonyl (C=O) groups excluding carboxylic acids is 1. The van der Waals surface area contributed by atoms with Gasteiger partial charge in [0.25, 0.3) is 10.0 Å². The fraction of sp³-hybridized carbons (Fsp3) is 0.269. The van der Waals surface area contributed by atoms with Gasteiger partial charge in [-0.15, -0.1) is 11.8 Å². The Morgan fingerprint density at radius 3 is 2.24 bits per heavy atom. The lowest BCUT2D eigenvalue weighted by Crippen LogP contribution is -2.41. The molecule has 0 fully saturated rings. The van der Waals surface area contributed by atoms with Crippen molar-refractivity contribution in [1.29, 1.82) is 0 Å². The molecule has 180 valence electrons. The summed E-state index contributed by atoms with van der Waals surface area (Å²) in [5.74, 6) is 0.483. The normalized spacial score (nSPS) is 11.3. The topological polar surface area (TPSA) is 66.5 Å². The second kappa shape index (κ2) is 11.8. The Morgan fingerprint density at radius 1 is 0.941 bits per heavy atom. The predicted octanol–water partition coefficient (Wildman–Crippen LogP) is 5.76. The molecule has 0 aliphatic heterocycles. The maximum Gasteiger partial charge on any atom is 0.264 e. The number of sulfonamides is 1. The minimum absolute atomic E-state index is 0.158. The van der Waals surface area contributed by atoms with Crippen LogP contribution in [0.2, 0.25) is 5.02 Å². The van der Waals surface area contributed by atoms with Gasteiger partial charge in [-0.05, 0) is 81.0 Å². The van der Waals surface area contributed by atoms with E-state index in [1.807, 2.05) is 57.2 Å². The van der Waals surface area contributed by atoms with Gasteiger partial charge in [0.2, 0.25) is 5.91 Å². The smallest absolute Gasteiger partial charge is 0.264 e. The van der Waals surface area contributed by atoms with Crippen LogP contribution in [0.4, 0.5) is 5.69 Å².